The van der Waals surface area contributed by atoms with Crippen LogP contribution in [0.15, 0.2) is 48.5 Å². The van der Waals surface area contributed by atoms with Crippen molar-refractivity contribution >= 4 is 23.6 Å². The lowest BCUT2D eigenvalue weighted by molar-refractivity contribution is -0.0327. The Morgan fingerprint density at radius 2 is 1.00 bits per heavy atom. The Balaban J connectivity index is 1.45. The molecule has 4 rings (SSSR count). The number of carbonyl (C=O) groups is 4. The number of rotatable bonds is 5. The van der Waals surface area contributed by atoms with E-state index in [1.165, 1.54) is 24.3 Å². The minimum Gasteiger partial charge on any atom is -0.274 e. The maximum atomic E-state index is 14.5. The van der Waals surface area contributed by atoms with Crippen molar-refractivity contribution in [1.82, 2.24) is 9.80 Å². The molecule has 2 heterocycles. The van der Waals surface area contributed by atoms with Crippen LogP contribution in [-0.2, 0) is 0 Å². The highest BCUT2D eigenvalue weighted by Gasteiger charge is 2.43. The van der Waals surface area contributed by atoms with Gasteiger partial charge in [-0.05, 0) is 24.3 Å². The molecular weight excluding hydrogens is 370 g/mol. The maximum Gasteiger partial charge on any atom is 0.267 e. The second-order valence-electron chi connectivity index (χ2n) is 6.66. The lowest BCUT2D eigenvalue weighted by Gasteiger charge is -2.24. The third-order valence-electron chi connectivity index (χ3n) is 4.85. The van der Waals surface area contributed by atoms with Gasteiger partial charge in [-0.25, -0.2) is 8.78 Å². The van der Waals surface area contributed by atoms with E-state index in [0.717, 1.165) is 4.90 Å². The standard InChI is InChI=1S/C20H14F2N2O4/c21-20(22,11-24-18(27)14-7-3-4-8-15(14)19(24)28)9-10-23-16(25)12-5-1-2-6-13(12)17(23)26/h1-8H,9-11H2. The molecule has 0 fully saturated rings. The van der Waals surface area contributed by atoms with Crippen LogP contribution < -0.4 is 0 Å². The van der Waals surface area contributed by atoms with Crippen molar-refractivity contribution in [3.63, 3.8) is 0 Å². The van der Waals surface area contributed by atoms with Crippen LogP contribution in [0.25, 0.3) is 0 Å². The van der Waals surface area contributed by atoms with Gasteiger partial charge in [-0.2, -0.15) is 0 Å². The van der Waals surface area contributed by atoms with Crippen molar-refractivity contribution in [1.29, 1.82) is 0 Å². The Morgan fingerprint density at radius 1 is 0.643 bits per heavy atom. The summed E-state index contributed by atoms with van der Waals surface area (Å²) in [5.74, 6) is -6.26. The van der Waals surface area contributed by atoms with Gasteiger partial charge in [0.2, 0.25) is 0 Å². The SMILES string of the molecule is O=C1c2ccccc2C(=O)N1CCC(F)(F)CN1C(=O)c2ccccc2C1=O. The summed E-state index contributed by atoms with van der Waals surface area (Å²) in [6.45, 7) is -1.62. The average molecular weight is 384 g/mol. The quantitative estimate of drug-likeness (QED) is 0.743. The van der Waals surface area contributed by atoms with Crippen LogP contribution in [0.3, 0.4) is 0 Å². The fourth-order valence-corrected chi connectivity index (χ4v) is 3.41. The molecule has 2 aromatic carbocycles. The van der Waals surface area contributed by atoms with Gasteiger partial charge in [-0.3, -0.25) is 29.0 Å². The van der Waals surface area contributed by atoms with Crippen molar-refractivity contribution in [3.8, 4) is 0 Å². The molecule has 6 nitrogen and oxygen atoms in total. The van der Waals surface area contributed by atoms with Gasteiger partial charge >= 0.3 is 0 Å². The summed E-state index contributed by atoms with van der Waals surface area (Å²) < 4.78 is 29.0. The van der Waals surface area contributed by atoms with E-state index in [0.29, 0.717) is 4.90 Å². The second kappa shape index (κ2) is 6.33. The van der Waals surface area contributed by atoms with Gasteiger partial charge in [0.15, 0.2) is 0 Å². The summed E-state index contributed by atoms with van der Waals surface area (Å²) in [5, 5.41) is 0. The zero-order valence-electron chi connectivity index (χ0n) is 14.5. The van der Waals surface area contributed by atoms with Gasteiger partial charge in [0, 0.05) is 13.0 Å². The van der Waals surface area contributed by atoms with Crippen LogP contribution >= 0.6 is 0 Å². The largest absolute Gasteiger partial charge is 0.274 e. The first-order valence-electron chi connectivity index (χ1n) is 8.58. The van der Waals surface area contributed by atoms with E-state index in [9.17, 15) is 28.0 Å². The summed E-state index contributed by atoms with van der Waals surface area (Å²) in [4.78, 5) is 50.3. The minimum absolute atomic E-state index is 0.0867. The number of hydrogen-bond donors (Lipinski definition) is 0. The maximum absolute atomic E-state index is 14.5. The highest BCUT2D eigenvalue weighted by atomic mass is 19.3. The first kappa shape index (κ1) is 18.0. The molecule has 0 aliphatic carbocycles. The molecule has 142 valence electrons. The normalized spacial score (nSPS) is 16.1. The average Bonchev–Trinajstić information content (AvgIpc) is 3.07. The molecule has 0 aromatic heterocycles. The van der Waals surface area contributed by atoms with Crippen molar-refractivity contribution in [3.05, 3.63) is 70.8 Å². The fraction of sp³-hybridized carbons (Fsp3) is 0.200. The summed E-state index contributed by atoms with van der Waals surface area (Å²) >= 11 is 0. The van der Waals surface area contributed by atoms with E-state index in [1.807, 2.05) is 0 Å². The number of hydrogen-bond acceptors (Lipinski definition) is 4. The molecule has 28 heavy (non-hydrogen) atoms. The number of alkyl halides is 2. The van der Waals surface area contributed by atoms with E-state index < -0.39 is 49.1 Å². The number of fused-ring (bicyclic) bond motifs is 2. The zero-order valence-corrected chi connectivity index (χ0v) is 14.5. The first-order valence-corrected chi connectivity index (χ1v) is 8.58. The number of benzene rings is 2. The Kier molecular flexibility index (Phi) is 4.06. The Bertz CT molecular complexity index is 964. The third kappa shape index (κ3) is 2.77. The van der Waals surface area contributed by atoms with Gasteiger partial charge in [-0.1, -0.05) is 24.3 Å². The smallest absolute Gasteiger partial charge is 0.267 e. The lowest BCUT2D eigenvalue weighted by atomic mass is 10.1. The van der Waals surface area contributed by atoms with Crippen LogP contribution in [0.4, 0.5) is 8.78 Å². The van der Waals surface area contributed by atoms with Crippen LogP contribution in [0.2, 0.25) is 0 Å². The highest BCUT2D eigenvalue weighted by molar-refractivity contribution is 6.22. The summed E-state index contributed by atoms with van der Waals surface area (Å²) in [6, 6.07) is 12.0. The van der Waals surface area contributed by atoms with E-state index in [4.69, 9.17) is 0 Å². The van der Waals surface area contributed by atoms with Crippen LogP contribution in [0.5, 0.6) is 0 Å². The summed E-state index contributed by atoms with van der Waals surface area (Å²) in [6.07, 6.45) is -0.855. The van der Waals surface area contributed by atoms with Crippen molar-refractivity contribution in [2.45, 2.75) is 12.3 Å². The molecule has 0 radical (unpaired) electrons. The Morgan fingerprint density at radius 3 is 1.39 bits per heavy atom. The molecular formula is C20H14F2N2O4. The lowest BCUT2D eigenvalue weighted by Crippen LogP contribution is -2.43. The van der Waals surface area contributed by atoms with E-state index in [2.05, 4.69) is 0 Å². The van der Waals surface area contributed by atoms with Gasteiger partial charge in [0.1, 0.15) is 0 Å². The monoisotopic (exact) mass is 384 g/mol. The number of nitrogens with zero attached hydrogens (tertiary/aromatic N) is 2. The fourth-order valence-electron chi connectivity index (χ4n) is 3.41. The second-order valence-corrected chi connectivity index (χ2v) is 6.66. The third-order valence-corrected chi connectivity index (χ3v) is 4.85. The molecule has 0 bridgehead atoms. The van der Waals surface area contributed by atoms with Crippen molar-refractivity contribution in [2.24, 2.45) is 0 Å². The van der Waals surface area contributed by atoms with E-state index >= 15 is 0 Å². The molecule has 0 N–H and O–H groups in total. The molecule has 2 aliphatic rings. The first-order chi connectivity index (χ1) is 13.3. The van der Waals surface area contributed by atoms with Crippen LogP contribution in [-0.4, -0.2) is 52.4 Å². The predicted octanol–water partition coefficient (Wildman–Crippen LogP) is 2.60. The number of amides is 4. The van der Waals surface area contributed by atoms with E-state index in [1.54, 1.807) is 24.3 Å². The molecule has 0 atom stereocenters. The molecule has 0 spiro atoms. The highest BCUT2D eigenvalue weighted by Crippen LogP contribution is 2.29. The van der Waals surface area contributed by atoms with Crippen LogP contribution in [0.1, 0.15) is 47.9 Å². The predicted molar refractivity (Wildman–Crippen MR) is 93.2 cm³/mol. The molecule has 8 heteroatoms. The van der Waals surface area contributed by atoms with Gasteiger partial charge in [0.25, 0.3) is 29.6 Å². The molecule has 0 saturated heterocycles. The van der Waals surface area contributed by atoms with Gasteiger partial charge < -0.3 is 0 Å². The topological polar surface area (TPSA) is 74.8 Å². The number of carbonyl (C=O) groups excluding carboxylic acids is 4. The van der Waals surface area contributed by atoms with Crippen molar-refractivity contribution < 1.29 is 28.0 Å². The number of halogens is 2. The molecule has 0 saturated carbocycles. The molecule has 4 amide bonds. The van der Waals surface area contributed by atoms with Crippen molar-refractivity contribution in [2.75, 3.05) is 13.1 Å². The Hall–Kier alpha value is -3.42. The van der Waals surface area contributed by atoms with Crippen LogP contribution in [0, 0.1) is 0 Å². The number of imide groups is 2. The minimum atomic E-state index is -3.46. The van der Waals surface area contributed by atoms with Gasteiger partial charge in [0.05, 0.1) is 28.8 Å². The summed E-state index contributed by atoms with van der Waals surface area (Å²) in [5.41, 5.74) is 0.527. The summed E-state index contributed by atoms with van der Waals surface area (Å²) in [7, 11) is 0. The Labute approximate surface area is 158 Å². The van der Waals surface area contributed by atoms with Gasteiger partial charge in [-0.15, -0.1) is 0 Å². The van der Waals surface area contributed by atoms with E-state index in [-0.39, 0.29) is 22.3 Å². The molecule has 2 aromatic rings. The zero-order chi connectivity index (χ0) is 20.1. The molecule has 2 aliphatic heterocycles. The molecule has 0 unspecified atom stereocenters.